The number of fused-ring (bicyclic) bond motifs is 6. The predicted octanol–water partition coefficient (Wildman–Crippen LogP) is 18.0. The highest BCUT2D eigenvalue weighted by Crippen LogP contribution is 2.44. The van der Waals surface area contributed by atoms with E-state index in [1.54, 1.807) is 83.5 Å². The van der Waals surface area contributed by atoms with E-state index in [9.17, 15) is 83.6 Å². The molecule has 21 rings (SSSR count). The number of sulfonamides is 5. The van der Waals surface area contributed by atoms with Crippen molar-refractivity contribution in [2.75, 3.05) is 89.9 Å². The maximum atomic E-state index is 14.2. The Morgan fingerprint density at radius 1 is 0.347 bits per heavy atom. The Bertz CT molecular complexity index is 7410. The van der Waals surface area contributed by atoms with Crippen LogP contribution in [0.15, 0.2) is 204 Å². The average molecular weight is 2270 g/mol. The third-order valence-corrected chi connectivity index (χ3v) is 39.3. The fraction of sp³-hybridized carbons (Fsp3) is 0.365. The van der Waals surface area contributed by atoms with Gasteiger partial charge in [0.25, 0.3) is 30.1 Å². The Kier molecular flexibility index (Phi) is 31.3. The maximum Gasteiger partial charge on any atom is 0.414 e. The van der Waals surface area contributed by atoms with Gasteiger partial charge in [0.15, 0.2) is 10.1 Å². The minimum absolute atomic E-state index is 0.0424. The summed E-state index contributed by atoms with van der Waals surface area (Å²) >= 11 is 19.2. The van der Waals surface area contributed by atoms with Crippen molar-refractivity contribution in [2.45, 2.75) is 172 Å². The van der Waals surface area contributed by atoms with E-state index in [1.807, 2.05) is 106 Å². The molecule has 0 unspecified atom stereocenters. The number of halogens is 8. The lowest BCUT2D eigenvalue weighted by Gasteiger charge is -2.40. The van der Waals surface area contributed by atoms with Crippen LogP contribution in [0.2, 0.25) is 10.0 Å². The number of para-hydroxylation sites is 3. The van der Waals surface area contributed by atoms with E-state index in [4.69, 9.17) is 46.9 Å². The number of imidazole rings is 2. The molecule has 34 nitrogen and oxygen atoms in total. The molecule has 5 saturated heterocycles. The number of benzene rings is 8. The zero-order valence-electron chi connectivity index (χ0n) is 78.1. The molecule has 0 spiro atoms. The fourth-order valence-electron chi connectivity index (χ4n) is 19.5. The Hall–Kier alpha value is -10.7. The molecule has 0 radical (unpaired) electrons. The number of hydrogen-bond acceptors (Lipinski definition) is 23. The number of nitrogens with zero attached hydrogens (tertiary/aromatic N) is 14. The number of carbonyl (C=O) groups excluding carboxylic acids is 5. The number of carbonyl (C=O) groups is 5. The molecule has 10 aliphatic heterocycles. The first-order valence-electron chi connectivity index (χ1n) is 45.9. The van der Waals surface area contributed by atoms with Gasteiger partial charge in [0, 0.05) is 177 Å². The first-order valence-corrected chi connectivity index (χ1v) is 56.3. The number of aromatic nitrogens is 4. The normalized spacial score (nSPS) is 18.6. The predicted molar refractivity (Wildman–Crippen MR) is 535 cm³/mol. The van der Waals surface area contributed by atoms with E-state index in [0.717, 1.165) is 93.8 Å². The van der Waals surface area contributed by atoms with Gasteiger partial charge in [-0.3, -0.25) is 24.5 Å². The van der Waals surface area contributed by atoms with Crippen LogP contribution >= 0.6 is 66.4 Å². The van der Waals surface area contributed by atoms with Crippen LogP contribution in [0.3, 0.4) is 0 Å². The highest BCUT2D eigenvalue weighted by molar-refractivity contribution is 9.10. The number of anilines is 5. The van der Waals surface area contributed by atoms with E-state index in [-0.39, 0.29) is 121 Å². The average Bonchev–Trinajstić information content (AvgIpc) is 1.58. The minimum Gasteiger partial charge on any atom is -0.444 e. The number of rotatable bonds is 15. The van der Waals surface area contributed by atoms with Gasteiger partial charge in [-0.15, -0.1) is 11.3 Å². The lowest BCUT2D eigenvalue weighted by atomic mass is 10.00. The van der Waals surface area contributed by atoms with Gasteiger partial charge in [-0.2, -0.15) is 21.5 Å². The standard InChI is InChI=1S/C22H22N2O4S2.C20H19BrF2N2O4S.C19H16BrClF2N2O4S.C18H22N4O4S.C17H19ClN4O4S/c1-15-5-4-7-17-14-28-22(25)24(21(15)17)18-9-11-23(12-10-18)30(26,27)20-13-16-6-2-3-8-19(16)29-20;1-12-3-2-4-13-11-29-20(26)25(19(12)13)14-5-7-24(8-6-14)30(27,28)18-9-15(21)16(22)10-17(18)23;20-14-8-18(16(23)9-15(14)22)30(27,28)24-5-3-13(4-6-24)25-17-2-1-12(21)7-11(17)10-29-19(25)26;1-13-4-3-5-14-11-26-18(23)22(17(13)14)15-6-8-21(9-7-15)27(24,25)16-10-20(2)12-19-16;1-20-9-16(19-11-20)27(24,25)21-6-4-14(5-7-21)22-15-3-2-13(18)8-12(15)10-26-17(22)23/h2-8,13,18H,9-12,14H2,1H3;2-4,9-10,14H,5-8,11H2,1H3;1-2,7-9,13H,3-6,10H2;3-5,10,12,15H,6-9,11H2,1-2H3;2-3,8-9,11,14H,4-7,10H2,1H3. The molecule has 13 heterocycles. The summed E-state index contributed by atoms with van der Waals surface area (Å²) in [5.41, 5.74) is 11.6. The number of cyclic esters (lactones) is 5. The molecule has 11 aromatic rings. The van der Waals surface area contributed by atoms with Crippen molar-refractivity contribution in [1.29, 1.82) is 0 Å². The SMILES string of the molecule is Cc1cccc2c1N(C1CCN(S(=O)(=O)c3cc(Br)c(F)cc3F)CC1)C(=O)OC2.Cc1cccc2c1N(C1CCN(S(=O)(=O)c3cc4ccccc4s3)CC1)C(=O)OC2.Cc1cccc2c1N(C1CCN(S(=O)(=O)c3cn(C)cn3)CC1)C(=O)OC2.Cn1cnc(S(=O)(=O)N2CCC(N3C(=O)OCc4cc(Cl)ccc43)CC2)c1.O=C1OCc2cc(Cl)ccc2N1C1CCN(S(=O)(=O)c2cc(Br)c(F)cc2F)CC1. The molecule has 48 heteroatoms. The molecule has 0 bridgehead atoms. The van der Waals surface area contributed by atoms with E-state index < -0.39 is 101 Å². The van der Waals surface area contributed by atoms with Crippen LogP contribution in [0, 0.1) is 44.0 Å². The second-order valence-electron chi connectivity index (χ2n) is 35.8. The van der Waals surface area contributed by atoms with Gasteiger partial charge in [-0.25, -0.2) is 93.6 Å². The van der Waals surface area contributed by atoms with Gasteiger partial charge in [-0.05, 0) is 200 Å². The quantitative estimate of drug-likeness (QED) is 0.0522. The Labute approximate surface area is 860 Å². The molecule has 10 aliphatic rings. The van der Waals surface area contributed by atoms with Crippen LogP contribution in [-0.4, -0.2) is 209 Å². The molecule has 0 atom stereocenters. The summed E-state index contributed by atoms with van der Waals surface area (Å²) in [6.07, 6.45) is 8.56. The number of aryl methyl sites for hydroxylation is 5. The molecule has 764 valence electrons. The molecular formula is C96H98Br2Cl2F4N14O20S6. The third-order valence-electron chi connectivity index (χ3n) is 26.7. The number of piperidine rings is 5. The van der Waals surface area contributed by atoms with Crippen LogP contribution in [-0.2, 0) is 121 Å². The zero-order valence-corrected chi connectivity index (χ0v) is 87.7. The third kappa shape index (κ3) is 21.6. The topological polar surface area (TPSA) is 370 Å². The van der Waals surface area contributed by atoms with Crippen molar-refractivity contribution in [1.82, 2.24) is 40.6 Å². The van der Waals surface area contributed by atoms with Crippen LogP contribution in [0.25, 0.3) is 10.1 Å². The number of amides is 5. The number of hydrogen-bond donors (Lipinski definition) is 0. The lowest BCUT2D eigenvalue weighted by molar-refractivity contribution is 0.135. The first-order chi connectivity index (χ1) is 68.6. The number of ether oxygens (including phenoxy) is 5. The van der Waals surface area contributed by atoms with Crippen LogP contribution in [0.4, 0.5) is 70.0 Å². The highest BCUT2D eigenvalue weighted by Gasteiger charge is 2.46. The zero-order chi connectivity index (χ0) is 103. The van der Waals surface area contributed by atoms with Gasteiger partial charge in [0.05, 0.1) is 50.0 Å². The molecule has 0 aliphatic carbocycles. The molecule has 144 heavy (non-hydrogen) atoms. The molecule has 3 aromatic heterocycles. The monoisotopic (exact) mass is 2260 g/mol. The maximum absolute atomic E-state index is 14.2. The van der Waals surface area contributed by atoms with Gasteiger partial charge >= 0.3 is 30.5 Å². The van der Waals surface area contributed by atoms with Crippen molar-refractivity contribution >= 4 is 186 Å². The summed E-state index contributed by atoms with van der Waals surface area (Å²) in [5.74, 6) is -4.04. The Morgan fingerprint density at radius 3 is 0.965 bits per heavy atom. The van der Waals surface area contributed by atoms with Gasteiger partial charge in [0.2, 0.25) is 20.0 Å². The summed E-state index contributed by atoms with van der Waals surface area (Å²) in [7, 11) is -15.6. The molecule has 0 saturated carbocycles. The van der Waals surface area contributed by atoms with Crippen molar-refractivity contribution in [3.8, 4) is 0 Å². The number of thiophene rings is 1. The van der Waals surface area contributed by atoms with E-state index in [1.165, 1.54) is 54.2 Å². The Morgan fingerprint density at radius 2 is 0.646 bits per heavy atom. The van der Waals surface area contributed by atoms with E-state index in [0.29, 0.717) is 136 Å². The highest BCUT2D eigenvalue weighted by atomic mass is 79.9. The summed E-state index contributed by atoms with van der Waals surface area (Å²) in [4.78, 5) is 77.3. The Balaban J connectivity index is 0.000000124. The fourth-order valence-corrected chi connectivity index (χ4v) is 29.8. The summed E-state index contributed by atoms with van der Waals surface area (Å²) < 4.78 is 222. The van der Waals surface area contributed by atoms with E-state index in [2.05, 4.69) is 41.8 Å². The molecule has 0 N–H and O–H groups in total. The smallest absolute Gasteiger partial charge is 0.414 e. The summed E-state index contributed by atoms with van der Waals surface area (Å²) in [6, 6.07) is 39.6. The second-order valence-corrected chi connectivity index (χ2v) is 49.3. The second kappa shape index (κ2) is 43.0. The largest absolute Gasteiger partial charge is 0.444 e. The van der Waals surface area contributed by atoms with Crippen LogP contribution < -0.4 is 24.5 Å². The van der Waals surface area contributed by atoms with Crippen LogP contribution in [0.5, 0.6) is 0 Å². The first kappa shape index (κ1) is 105. The summed E-state index contributed by atoms with van der Waals surface area (Å²) in [6.45, 7) is 9.41. The van der Waals surface area contributed by atoms with Gasteiger partial charge in [-0.1, -0.05) is 96.0 Å². The van der Waals surface area contributed by atoms with E-state index >= 15 is 0 Å². The molecule has 8 aromatic carbocycles. The van der Waals surface area contributed by atoms with Crippen molar-refractivity contribution in [2.24, 2.45) is 14.1 Å². The van der Waals surface area contributed by atoms with Crippen molar-refractivity contribution in [3.05, 3.63) is 257 Å². The van der Waals surface area contributed by atoms with Gasteiger partial charge in [0.1, 0.15) is 70.3 Å². The minimum atomic E-state index is -4.16. The lowest BCUT2D eigenvalue weighted by Crippen LogP contribution is -2.50. The molecular weight excluding hydrogens is 2170 g/mol. The van der Waals surface area contributed by atoms with Crippen LogP contribution in [0.1, 0.15) is 109 Å². The van der Waals surface area contributed by atoms with Gasteiger partial charge < -0.3 is 32.8 Å². The molecule has 5 fully saturated rings. The van der Waals surface area contributed by atoms with Crippen molar-refractivity contribution in [3.63, 3.8) is 0 Å². The van der Waals surface area contributed by atoms with Crippen molar-refractivity contribution < 1.29 is 107 Å². The molecule has 5 amide bonds. The summed E-state index contributed by atoms with van der Waals surface area (Å²) in [5, 5.41) is 2.16.